The highest BCUT2D eigenvalue weighted by atomic mass is 16.5. The van der Waals surface area contributed by atoms with Crippen molar-refractivity contribution in [3.05, 3.63) is 11.9 Å². The summed E-state index contributed by atoms with van der Waals surface area (Å²) < 4.78 is 7.50. The first-order valence-electron chi connectivity index (χ1n) is 7.89. The third-order valence-corrected chi connectivity index (χ3v) is 4.73. The third-order valence-electron chi connectivity index (χ3n) is 4.73. The van der Waals surface area contributed by atoms with E-state index < -0.39 is 0 Å². The Kier molecular flexibility index (Phi) is 4.74. The minimum atomic E-state index is 0.0183. The van der Waals surface area contributed by atoms with Crippen molar-refractivity contribution < 1.29 is 4.74 Å². The van der Waals surface area contributed by atoms with E-state index in [0.29, 0.717) is 5.92 Å². The molecule has 1 aromatic heterocycles. The summed E-state index contributed by atoms with van der Waals surface area (Å²) in [4.78, 5) is 0. The van der Waals surface area contributed by atoms with Crippen LogP contribution in [0.3, 0.4) is 0 Å². The Labute approximate surface area is 122 Å². The fraction of sp³-hybridized carbons (Fsp3) is 0.812. The van der Waals surface area contributed by atoms with Crippen molar-refractivity contribution in [2.24, 2.45) is 17.1 Å². The van der Waals surface area contributed by atoms with E-state index in [1.165, 1.54) is 32.1 Å². The number of rotatable bonds is 6. The summed E-state index contributed by atoms with van der Waals surface area (Å²) in [5.41, 5.74) is 8.04. The van der Waals surface area contributed by atoms with Crippen LogP contribution in [0.25, 0.3) is 0 Å². The van der Waals surface area contributed by atoms with Gasteiger partial charge in [0.1, 0.15) is 0 Å². The number of aryl methyl sites for hydroxylation is 1. The summed E-state index contributed by atoms with van der Waals surface area (Å²) >= 11 is 0. The zero-order chi connectivity index (χ0) is 14.8. The van der Waals surface area contributed by atoms with Crippen molar-refractivity contribution in [3.8, 4) is 5.75 Å². The molecule has 1 aromatic rings. The molecular weight excluding hydrogens is 250 g/mol. The van der Waals surface area contributed by atoms with E-state index in [1.807, 2.05) is 4.68 Å². The topological polar surface area (TPSA) is 53.1 Å². The highest BCUT2D eigenvalue weighted by molar-refractivity contribution is 5.30. The molecule has 0 spiro atoms. The van der Waals surface area contributed by atoms with Gasteiger partial charge in [-0.15, -0.1) is 0 Å². The van der Waals surface area contributed by atoms with Gasteiger partial charge in [0.05, 0.1) is 25.0 Å². The Morgan fingerprint density at radius 2 is 2.05 bits per heavy atom. The summed E-state index contributed by atoms with van der Waals surface area (Å²) in [6.07, 6.45) is 8.03. The van der Waals surface area contributed by atoms with Crippen LogP contribution in [0.2, 0.25) is 0 Å². The van der Waals surface area contributed by atoms with Crippen molar-refractivity contribution in [1.82, 2.24) is 9.78 Å². The minimum Gasteiger partial charge on any atom is -0.493 e. The van der Waals surface area contributed by atoms with Crippen LogP contribution in [0.1, 0.15) is 64.6 Å². The molecule has 0 aromatic carbocycles. The van der Waals surface area contributed by atoms with Crippen LogP contribution in [0.5, 0.6) is 5.75 Å². The molecule has 4 nitrogen and oxygen atoms in total. The van der Waals surface area contributed by atoms with Crippen molar-refractivity contribution in [2.75, 3.05) is 7.11 Å². The molecule has 0 aliphatic heterocycles. The SMILES string of the molecule is CCn1ncc(OC)c1C(N)C1(CC(C)C)CCCC1. The number of hydrogen-bond acceptors (Lipinski definition) is 3. The van der Waals surface area contributed by atoms with Gasteiger partial charge in [0.15, 0.2) is 5.75 Å². The molecule has 1 aliphatic rings. The summed E-state index contributed by atoms with van der Waals surface area (Å²) in [5.74, 6) is 1.51. The first kappa shape index (κ1) is 15.4. The van der Waals surface area contributed by atoms with Crippen molar-refractivity contribution in [2.45, 2.75) is 65.5 Å². The lowest BCUT2D eigenvalue weighted by molar-refractivity contribution is 0.174. The minimum absolute atomic E-state index is 0.0183. The summed E-state index contributed by atoms with van der Waals surface area (Å²) in [6, 6.07) is 0.0183. The van der Waals surface area contributed by atoms with Gasteiger partial charge in [-0.05, 0) is 37.5 Å². The van der Waals surface area contributed by atoms with Crippen LogP contribution in [0, 0.1) is 11.3 Å². The molecule has 0 amide bonds. The molecule has 2 rings (SSSR count). The largest absolute Gasteiger partial charge is 0.493 e. The molecule has 1 fully saturated rings. The van der Waals surface area contributed by atoms with Gasteiger partial charge in [-0.2, -0.15) is 5.10 Å². The maximum atomic E-state index is 6.74. The number of nitrogens with zero attached hydrogens (tertiary/aromatic N) is 2. The average molecular weight is 279 g/mol. The first-order valence-corrected chi connectivity index (χ1v) is 7.89. The Morgan fingerprint density at radius 1 is 1.40 bits per heavy atom. The molecule has 0 bridgehead atoms. The molecule has 0 radical (unpaired) electrons. The van der Waals surface area contributed by atoms with Gasteiger partial charge in [-0.3, -0.25) is 4.68 Å². The highest BCUT2D eigenvalue weighted by Gasteiger charge is 2.42. The number of hydrogen-bond donors (Lipinski definition) is 1. The molecule has 2 N–H and O–H groups in total. The van der Waals surface area contributed by atoms with Crippen LogP contribution < -0.4 is 10.5 Å². The molecule has 114 valence electrons. The smallest absolute Gasteiger partial charge is 0.161 e. The standard InChI is InChI=1S/C16H29N3O/c1-5-19-14(13(20-4)11-18-19)15(17)16(10-12(2)3)8-6-7-9-16/h11-12,15H,5-10,17H2,1-4H3. The zero-order valence-corrected chi connectivity index (χ0v) is 13.4. The quantitative estimate of drug-likeness (QED) is 0.867. The van der Waals surface area contributed by atoms with Crippen LogP contribution in [-0.2, 0) is 6.54 Å². The van der Waals surface area contributed by atoms with E-state index >= 15 is 0 Å². The average Bonchev–Trinajstić information content (AvgIpc) is 3.03. The molecule has 1 atom stereocenters. The monoisotopic (exact) mass is 279 g/mol. The predicted molar refractivity (Wildman–Crippen MR) is 81.7 cm³/mol. The van der Waals surface area contributed by atoms with Crippen LogP contribution in [0.4, 0.5) is 0 Å². The Morgan fingerprint density at radius 3 is 2.55 bits per heavy atom. The lowest BCUT2D eigenvalue weighted by Gasteiger charge is -2.37. The predicted octanol–water partition coefficient (Wildman–Crippen LogP) is 3.52. The van der Waals surface area contributed by atoms with Gasteiger partial charge >= 0.3 is 0 Å². The Hall–Kier alpha value is -1.03. The zero-order valence-electron chi connectivity index (χ0n) is 13.4. The maximum absolute atomic E-state index is 6.74. The van der Waals surface area contributed by atoms with Crippen LogP contribution in [-0.4, -0.2) is 16.9 Å². The molecule has 20 heavy (non-hydrogen) atoms. The first-order chi connectivity index (χ1) is 9.54. The van der Waals surface area contributed by atoms with E-state index in [1.54, 1.807) is 13.3 Å². The van der Waals surface area contributed by atoms with Crippen molar-refractivity contribution in [3.63, 3.8) is 0 Å². The van der Waals surface area contributed by atoms with Gasteiger partial charge in [0, 0.05) is 6.54 Å². The maximum Gasteiger partial charge on any atom is 0.161 e. The van der Waals surface area contributed by atoms with E-state index in [0.717, 1.165) is 18.0 Å². The molecule has 1 unspecified atom stereocenters. The number of ether oxygens (including phenoxy) is 1. The molecule has 4 heteroatoms. The molecule has 1 saturated carbocycles. The number of methoxy groups -OCH3 is 1. The number of nitrogens with two attached hydrogens (primary N) is 1. The van der Waals surface area contributed by atoms with Gasteiger partial charge < -0.3 is 10.5 Å². The van der Waals surface area contributed by atoms with Crippen molar-refractivity contribution >= 4 is 0 Å². The van der Waals surface area contributed by atoms with Crippen LogP contribution >= 0.6 is 0 Å². The summed E-state index contributed by atoms with van der Waals surface area (Å²) in [7, 11) is 1.71. The molecule has 1 aliphatic carbocycles. The second-order valence-electron chi connectivity index (χ2n) is 6.56. The normalized spacial score (nSPS) is 19.5. The molecular formula is C16H29N3O. The van der Waals surface area contributed by atoms with E-state index in [-0.39, 0.29) is 11.5 Å². The molecule has 1 heterocycles. The van der Waals surface area contributed by atoms with E-state index in [9.17, 15) is 0 Å². The van der Waals surface area contributed by atoms with E-state index in [4.69, 9.17) is 10.5 Å². The van der Waals surface area contributed by atoms with Crippen LogP contribution in [0.15, 0.2) is 6.20 Å². The van der Waals surface area contributed by atoms with Gasteiger partial charge in [0.25, 0.3) is 0 Å². The second-order valence-corrected chi connectivity index (χ2v) is 6.56. The van der Waals surface area contributed by atoms with Gasteiger partial charge in [0.2, 0.25) is 0 Å². The summed E-state index contributed by atoms with van der Waals surface area (Å²) in [6.45, 7) is 7.53. The van der Waals surface area contributed by atoms with Crippen molar-refractivity contribution in [1.29, 1.82) is 0 Å². The van der Waals surface area contributed by atoms with E-state index in [2.05, 4.69) is 25.9 Å². The second kappa shape index (κ2) is 6.17. The summed E-state index contributed by atoms with van der Waals surface area (Å²) in [5, 5.41) is 4.42. The lowest BCUT2D eigenvalue weighted by atomic mass is 9.71. The third kappa shape index (κ3) is 2.71. The molecule has 0 saturated heterocycles. The van der Waals surface area contributed by atoms with Gasteiger partial charge in [-0.25, -0.2) is 0 Å². The Balaban J connectivity index is 2.36. The Bertz CT molecular complexity index is 411. The lowest BCUT2D eigenvalue weighted by Crippen LogP contribution is -2.35. The fourth-order valence-electron chi connectivity index (χ4n) is 3.93. The number of aromatic nitrogens is 2. The fourth-order valence-corrected chi connectivity index (χ4v) is 3.93. The van der Waals surface area contributed by atoms with Gasteiger partial charge in [-0.1, -0.05) is 26.7 Å². The highest BCUT2D eigenvalue weighted by Crippen LogP contribution is 2.51.